The van der Waals surface area contributed by atoms with Crippen molar-refractivity contribution in [2.24, 2.45) is 0 Å². The molecular formula is C16H25N3O. The zero-order valence-electron chi connectivity index (χ0n) is 12.9. The third-order valence-corrected chi connectivity index (χ3v) is 4.07. The summed E-state index contributed by atoms with van der Waals surface area (Å²) in [6, 6.07) is 6.93. The molecule has 1 saturated carbocycles. The van der Waals surface area contributed by atoms with Gasteiger partial charge in [0.1, 0.15) is 0 Å². The smallest absolute Gasteiger partial charge is 0.253 e. The normalized spacial score (nSPS) is 16.1. The molecule has 0 spiro atoms. The second-order valence-corrected chi connectivity index (χ2v) is 5.75. The number of rotatable bonds is 6. The maximum absolute atomic E-state index is 12.3. The third kappa shape index (κ3) is 3.51. The lowest BCUT2D eigenvalue weighted by Gasteiger charge is -2.24. The van der Waals surface area contributed by atoms with Gasteiger partial charge in [0.2, 0.25) is 0 Å². The lowest BCUT2D eigenvalue weighted by atomic mass is 10.1. The van der Waals surface area contributed by atoms with Crippen molar-refractivity contribution < 1.29 is 4.79 Å². The highest BCUT2D eigenvalue weighted by Crippen LogP contribution is 2.26. The number of nitrogens with one attached hydrogen (secondary N) is 2. The number of carbonyl (C=O) groups excluding carboxylic acids is 1. The Bertz CT molecular complexity index is 483. The van der Waals surface area contributed by atoms with E-state index in [0.717, 1.165) is 11.3 Å². The van der Waals surface area contributed by atoms with Crippen LogP contribution in [0.15, 0.2) is 18.2 Å². The highest BCUT2D eigenvalue weighted by Gasteiger charge is 2.29. The Morgan fingerprint density at radius 1 is 1.45 bits per heavy atom. The minimum atomic E-state index is -0.00889. The molecule has 1 aliphatic rings. The lowest BCUT2D eigenvalue weighted by molar-refractivity contribution is 0.0940. The van der Waals surface area contributed by atoms with Crippen LogP contribution in [0.4, 0.5) is 5.69 Å². The van der Waals surface area contributed by atoms with Crippen LogP contribution in [-0.4, -0.2) is 43.5 Å². The summed E-state index contributed by atoms with van der Waals surface area (Å²) in [6.45, 7) is 4.87. The van der Waals surface area contributed by atoms with Gasteiger partial charge in [0.25, 0.3) is 5.91 Å². The summed E-state index contributed by atoms with van der Waals surface area (Å²) in [5.41, 5.74) is 2.73. The lowest BCUT2D eigenvalue weighted by Crippen LogP contribution is -2.41. The van der Waals surface area contributed by atoms with E-state index in [9.17, 15) is 4.79 Å². The van der Waals surface area contributed by atoms with E-state index in [0.29, 0.717) is 24.2 Å². The first-order valence-electron chi connectivity index (χ1n) is 7.31. The second kappa shape index (κ2) is 6.27. The van der Waals surface area contributed by atoms with Gasteiger partial charge in [0.05, 0.1) is 5.56 Å². The maximum Gasteiger partial charge on any atom is 0.253 e. The van der Waals surface area contributed by atoms with Gasteiger partial charge in [-0.25, -0.2) is 0 Å². The Labute approximate surface area is 121 Å². The molecule has 1 aliphatic carbocycles. The van der Waals surface area contributed by atoms with Crippen molar-refractivity contribution in [3.05, 3.63) is 29.3 Å². The summed E-state index contributed by atoms with van der Waals surface area (Å²) >= 11 is 0. The van der Waals surface area contributed by atoms with Crippen molar-refractivity contribution in [2.75, 3.05) is 26.0 Å². The van der Waals surface area contributed by atoms with Crippen molar-refractivity contribution in [1.29, 1.82) is 0 Å². The molecule has 0 aliphatic heterocycles. The van der Waals surface area contributed by atoms with Crippen LogP contribution >= 0.6 is 0 Å². The van der Waals surface area contributed by atoms with Gasteiger partial charge in [-0.2, -0.15) is 0 Å². The van der Waals surface area contributed by atoms with Gasteiger partial charge in [-0.15, -0.1) is 0 Å². The van der Waals surface area contributed by atoms with E-state index in [1.807, 2.05) is 32.2 Å². The van der Waals surface area contributed by atoms with E-state index in [1.54, 1.807) is 0 Å². The van der Waals surface area contributed by atoms with E-state index in [2.05, 4.69) is 29.5 Å². The van der Waals surface area contributed by atoms with Gasteiger partial charge >= 0.3 is 0 Å². The number of aryl methyl sites for hydroxylation is 1. The topological polar surface area (TPSA) is 44.4 Å². The van der Waals surface area contributed by atoms with E-state index in [1.165, 1.54) is 12.8 Å². The summed E-state index contributed by atoms with van der Waals surface area (Å²) < 4.78 is 0. The molecule has 110 valence electrons. The summed E-state index contributed by atoms with van der Waals surface area (Å²) in [5, 5.41) is 6.12. The highest BCUT2D eigenvalue weighted by atomic mass is 16.1. The molecule has 1 atom stereocenters. The fraction of sp³-hybridized carbons (Fsp3) is 0.562. The van der Waals surface area contributed by atoms with Crippen molar-refractivity contribution in [3.8, 4) is 0 Å². The van der Waals surface area contributed by atoms with Gasteiger partial charge < -0.3 is 10.6 Å². The van der Waals surface area contributed by atoms with Crippen LogP contribution in [0.25, 0.3) is 0 Å². The summed E-state index contributed by atoms with van der Waals surface area (Å²) in [4.78, 5) is 14.6. The molecule has 0 saturated heterocycles. The summed E-state index contributed by atoms with van der Waals surface area (Å²) in [5.74, 6) is -0.00889. The Hall–Kier alpha value is -1.55. The predicted octanol–water partition coefficient (Wildman–Crippen LogP) is 2.25. The number of hydrogen-bond donors (Lipinski definition) is 2. The minimum Gasteiger partial charge on any atom is -0.387 e. The maximum atomic E-state index is 12.3. The highest BCUT2D eigenvalue weighted by molar-refractivity contribution is 5.99. The Morgan fingerprint density at radius 3 is 2.75 bits per heavy atom. The first-order valence-corrected chi connectivity index (χ1v) is 7.31. The molecule has 0 bridgehead atoms. The zero-order valence-corrected chi connectivity index (χ0v) is 12.9. The Kier molecular flexibility index (Phi) is 4.65. The molecule has 2 N–H and O–H groups in total. The summed E-state index contributed by atoms with van der Waals surface area (Å²) in [6.07, 6.45) is 2.58. The molecule has 1 aromatic carbocycles. The molecule has 20 heavy (non-hydrogen) atoms. The first-order chi connectivity index (χ1) is 9.52. The molecule has 0 radical (unpaired) electrons. The van der Waals surface area contributed by atoms with Crippen LogP contribution in [0, 0.1) is 6.92 Å². The number of amides is 1. The fourth-order valence-corrected chi connectivity index (χ4v) is 2.38. The van der Waals surface area contributed by atoms with Gasteiger partial charge in [0.15, 0.2) is 0 Å². The summed E-state index contributed by atoms with van der Waals surface area (Å²) in [7, 11) is 3.98. The molecule has 1 amide bonds. The third-order valence-electron chi connectivity index (χ3n) is 4.07. The van der Waals surface area contributed by atoms with Crippen molar-refractivity contribution in [2.45, 2.75) is 38.8 Å². The van der Waals surface area contributed by atoms with Crippen LogP contribution < -0.4 is 10.6 Å². The van der Waals surface area contributed by atoms with Gasteiger partial charge in [0, 0.05) is 31.4 Å². The Balaban J connectivity index is 1.94. The molecule has 1 unspecified atom stereocenters. The van der Waals surface area contributed by atoms with E-state index in [-0.39, 0.29) is 5.91 Å². The number of nitrogens with zero attached hydrogens (tertiary/aromatic N) is 1. The number of hydrogen-bond acceptors (Lipinski definition) is 3. The van der Waals surface area contributed by atoms with Crippen LogP contribution in [-0.2, 0) is 0 Å². The van der Waals surface area contributed by atoms with Gasteiger partial charge in [-0.05, 0) is 51.4 Å². The van der Waals surface area contributed by atoms with Gasteiger partial charge in [-0.1, -0.05) is 6.07 Å². The number of anilines is 1. The SMILES string of the molecule is CNc1cc(C)ccc1C(=O)NCC(C)N(C)C1CC1. The number of benzene rings is 1. The molecule has 4 nitrogen and oxygen atoms in total. The average Bonchev–Trinajstić information content (AvgIpc) is 3.27. The zero-order chi connectivity index (χ0) is 14.7. The van der Waals surface area contributed by atoms with E-state index < -0.39 is 0 Å². The first kappa shape index (κ1) is 14.9. The van der Waals surface area contributed by atoms with E-state index >= 15 is 0 Å². The second-order valence-electron chi connectivity index (χ2n) is 5.75. The molecule has 1 aromatic rings. The Morgan fingerprint density at radius 2 is 2.15 bits per heavy atom. The van der Waals surface area contributed by atoms with Gasteiger partial charge in [-0.3, -0.25) is 9.69 Å². The molecule has 1 fully saturated rings. The molecule has 4 heteroatoms. The van der Waals surface area contributed by atoms with Crippen molar-refractivity contribution >= 4 is 11.6 Å². The largest absolute Gasteiger partial charge is 0.387 e. The fourth-order valence-electron chi connectivity index (χ4n) is 2.38. The predicted molar refractivity (Wildman–Crippen MR) is 83.3 cm³/mol. The average molecular weight is 275 g/mol. The number of carbonyl (C=O) groups is 1. The monoisotopic (exact) mass is 275 g/mol. The molecule has 2 rings (SSSR count). The van der Waals surface area contributed by atoms with Crippen LogP contribution in [0.3, 0.4) is 0 Å². The van der Waals surface area contributed by atoms with Crippen LogP contribution in [0.5, 0.6) is 0 Å². The molecule has 0 heterocycles. The quantitative estimate of drug-likeness (QED) is 0.837. The van der Waals surface area contributed by atoms with Crippen molar-refractivity contribution in [3.63, 3.8) is 0 Å². The van der Waals surface area contributed by atoms with Crippen LogP contribution in [0.1, 0.15) is 35.7 Å². The van der Waals surface area contributed by atoms with Crippen molar-refractivity contribution in [1.82, 2.24) is 10.2 Å². The number of likely N-dealkylation sites (N-methyl/N-ethyl adjacent to an activating group) is 1. The molecule has 0 aromatic heterocycles. The standard InChI is InChI=1S/C16H25N3O/c1-11-5-8-14(15(9-11)17-3)16(20)18-10-12(2)19(4)13-6-7-13/h5,8-9,12-13,17H,6-7,10H2,1-4H3,(H,18,20). The van der Waals surface area contributed by atoms with E-state index in [4.69, 9.17) is 0 Å². The molecular weight excluding hydrogens is 250 g/mol. The minimum absolute atomic E-state index is 0.00889. The van der Waals surface area contributed by atoms with Crippen LogP contribution in [0.2, 0.25) is 0 Å².